The summed E-state index contributed by atoms with van der Waals surface area (Å²) in [7, 11) is 0. The largest absolute Gasteiger partial charge is 0.350 e. The lowest BCUT2D eigenvalue weighted by atomic mass is 10.1. The van der Waals surface area contributed by atoms with Crippen molar-refractivity contribution in [3.05, 3.63) is 27.9 Å². The van der Waals surface area contributed by atoms with Crippen LogP contribution in [0, 0.1) is 17.0 Å². The summed E-state index contributed by atoms with van der Waals surface area (Å²) in [6.45, 7) is 1.88. The van der Waals surface area contributed by atoms with Gasteiger partial charge < -0.3 is 4.90 Å². The predicted molar refractivity (Wildman–Crippen MR) is 62.0 cm³/mol. The number of halogens is 2. The van der Waals surface area contributed by atoms with Crippen molar-refractivity contribution in [3.63, 3.8) is 0 Å². The molecule has 5 nitrogen and oxygen atoms in total. The van der Waals surface area contributed by atoms with E-state index in [9.17, 15) is 18.9 Å². The molecule has 0 N–H and O–H groups in total. The van der Waals surface area contributed by atoms with Gasteiger partial charge in [-0.25, -0.2) is 13.8 Å². The maximum atomic E-state index is 13.0. The Hall–Kier alpha value is -1.79. The summed E-state index contributed by atoms with van der Waals surface area (Å²) in [4.78, 5) is 16.0. The summed E-state index contributed by atoms with van der Waals surface area (Å²) in [5.74, 6) is -2.49. The average Bonchev–Trinajstić information content (AvgIpc) is 2.29. The highest BCUT2D eigenvalue weighted by Crippen LogP contribution is 2.33. The van der Waals surface area contributed by atoms with Gasteiger partial charge in [0.05, 0.1) is 4.92 Å². The number of pyridine rings is 1. The van der Waals surface area contributed by atoms with Crippen LogP contribution in [0.2, 0.25) is 0 Å². The van der Waals surface area contributed by atoms with E-state index in [1.807, 2.05) is 0 Å². The number of piperidine rings is 1. The van der Waals surface area contributed by atoms with Crippen molar-refractivity contribution in [2.45, 2.75) is 25.7 Å². The summed E-state index contributed by atoms with van der Waals surface area (Å²) < 4.78 is 26.1. The van der Waals surface area contributed by atoms with Crippen molar-refractivity contribution in [1.29, 1.82) is 0 Å². The van der Waals surface area contributed by atoms with E-state index in [-0.39, 0.29) is 37.4 Å². The first kappa shape index (κ1) is 12.7. The second kappa shape index (κ2) is 4.47. The van der Waals surface area contributed by atoms with Crippen LogP contribution < -0.4 is 4.90 Å². The highest BCUT2D eigenvalue weighted by atomic mass is 19.3. The number of anilines is 1. The van der Waals surface area contributed by atoms with E-state index < -0.39 is 10.8 Å². The topological polar surface area (TPSA) is 59.3 Å². The van der Waals surface area contributed by atoms with Gasteiger partial charge in [0.25, 0.3) is 5.92 Å². The van der Waals surface area contributed by atoms with E-state index in [0.29, 0.717) is 5.56 Å². The summed E-state index contributed by atoms with van der Waals surface area (Å²) in [6, 6.07) is 1.41. The predicted octanol–water partition coefficient (Wildman–Crippen LogP) is 2.53. The third-order valence-corrected chi connectivity index (χ3v) is 2.98. The fourth-order valence-electron chi connectivity index (χ4n) is 1.97. The van der Waals surface area contributed by atoms with Gasteiger partial charge in [0, 0.05) is 38.2 Å². The number of hydrogen-bond donors (Lipinski definition) is 0. The number of aromatic nitrogens is 1. The first-order valence-corrected chi connectivity index (χ1v) is 5.63. The van der Waals surface area contributed by atoms with Crippen molar-refractivity contribution in [2.24, 2.45) is 0 Å². The average molecular weight is 257 g/mol. The molecule has 1 saturated heterocycles. The number of nitro groups is 1. The quantitative estimate of drug-likeness (QED) is 0.603. The Morgan fingerprint density at radius 2 is 2.06 bits per heavy atom. The van der Waals surface area contributed by atoms with Crippen LogP contribution in [0.5, 0.6) is 0 Å². The summed E-state index contributed by atoms with van der Waals surface area (Å²) >= 11 is 0. The third-order valence-electron chi connectivity index (χ3n) is 2.98. The van der Waals surface area contributed by atoms with E-state index in [1.165, 1.54) is 12.3 Å². The molecule has 0 unspecified atom stereocenters. The van der Waals surface area contributed by atoms with Gasteiger partial charge in [0.2, 0.25) is 5.82 Å². The van der Waals surface area contributed by atoms with Gasteiger partial charge in [-0.05, 0) is 12.5 Å². The van der Waals surface area contributed by atoms with Gasteiger partial charge in [-0.15, -0.1) is 0 Å². The second-order valence-electron chi connectivity index (χ2n) is 4.46. The van der Waals surface area contributed by atoms with Crippen molar-refractivity contribution < 1.29 is 13.7 Å². The van der Waals surface area contributed by atoms with Crippen molar-refractivity contribution >= 4 is 11.5 Å². The molecular formula is C11H13F2N3O2. The fraction of sp³-hybridized carbons (Fsp3) is 0.545. The molecule has 1 aromatic rings. The minimum absolute atomic E-state index is 0.0872. The van der Waals surface area contributed by atoms with Gasteiger partial charge in [0.1, 0.15) is 0 Å². The molecule has 0 radical (unpaired) electrons. The monoisotopic (exact) mass is 257 g/mol. The number of hydrogen-bond acceptors (Lipinski definition) is 4. The molecule has 2 heterocycles. The Kier molecular flexibility index (Phi) is 3.14. The minimum Gasteiger partial charge on any atom is -0.350 e. The Labute approximate surface area is 103 Å². The number of nitrogens with zero attached hydrogens (tertiary/aromatic N) is 3. The smallest absolute Gasteiger partial charge is 0.311 e. The molecule has 0 aromatic carbocycles. The molecule has 0 saturated carbocycles. The van der Waals surface area contributed by atoms with Crippen molar-refractivity contribution in [1.82, 2.24) is 4.98 Å². The molecule has 0 bridgehead atoms. The van der Waals surface area contributed by atoms with Crippen LogP contribution in [-0.4, -0.2) is 28.9 Å². The van der Waals surface area contributed by atoms with Crippen LogP contribution in [0.15, 0.2) is 12.3 Å². The Bertz CT molecular complexity index is 469. The first-order valence-electron chi connectivity index (χ1n) is 5.63. The standard InChI is InChI=1S/C11H13F2N3O2/c1-8-6-9(16(17)18)10(14-7-8)15-4-2-11(12,13)3-5-15/h6-7H,2-5H2,1H3. The van der Waals surface area contributed by atoms with Gasteiger partial charge in [0.15, 0.2) is 0 Å². The molecule has 0 spiro atoms. The second-order valence-corrected chi connectivity index (χ2v) is 4.46. The first-order chi connectivity index (χ1) is 8.39. The van der Waals surface area contributed by atoms with Crippen LogP contribution >= 0.6 is 0 Å². The normalized spacial score (nSPS) is 18.7. The Morgan fingerprint density at radius 1 is 1.44 bits per heavy atom. The molecule has 1 fully saturated rings. The Morgan fingerprint density at radius 3 is 2.61 bits per heavy atom. The number of alkyl halides is 2. The Balaban J connectivity index is 2.26. The molecule has 0 amide bonds. The van der Waals surface area contributed by atoms with Crippen LogP contribution in [0.1, 0.15) is 18.4 Å². The van der Waals surface area contributed by atoms with Crippen molar-refractivity contribution in [3.8, 4) is 0 Å². The number of rotatable bonds is 2. The molecule has 0 atom stereocenters. The summed E-state index contributed by atoms with van der Waals surface area (Å²) in [6.07, 6.45) is 0.925. The van der Waals surface area contributed by atoms with E-state index in [4.69, 9.17) is 0 Å². The molecule has 2 rings (SSSR count). The zero-order chi connectivity index (χ0) is 13.3. The van der Waals surface area contributed by atoms with E-state index >= 15 is 0 Å². The molecule has 0 aliphatic carbocycles. The summed E-state index contributed by atoms with van der Waals surface area (Å²) in [5, 5.41) is 10.9. The minimum atomic E-state index is -2.67. The van der Waals surface area contributed by atoms with Gasteiger partial charge in [-0.2, -0.15) is 0 Å². The SMILES string of the molecule is Cc1cnc(N2CCC(F)(F)CC2)c([N+](=O)[O-])c1. The van der Waals surface area contributed by atoms with E-state index in [1.54, 1.807) is 11.8 Å². The van der Waals surface area contributed by atoms with E-state index in [0.717, 1.165) is 0 Å². The highest BCUT2D eigenvalue weighted by Gasteiger charge is 2.36. The van der Waals surface area contributed by atoms with Gasteiger partial charge in [-0.1, -0.05) is 0 Å². The zero-order valence-electron chi connectivity index (χ0n) is 9.90. The molecule has 1 aliphatic heterocycles. The molecule has 18 heavy (non-hydrogen) atoms. The summed E-state index contributed by atoms with van der Waals surface area (Å²) in [5.41, 5.74) is 0.549. The zero-order valence-corrected chi connectivity index (χ0v) is 9.90. The molecule has 98 valence electrons. The molecular weight excluding hydrogens is 244 g/mol. The molecule has 7 heteroatoms. The van der Waals surface area contributed by atoms with Crippen molar-refractivity contribution in [2.75, 3.05) is 18.0 Å². The lowest BCUT2D eigenvalue weighted by Crippen LogP contribution is -2.40. The maximum Gasteiger partial charge on any atom is 0.311 e. The lowest BCUT2D eigenvalue weighted by molar-refractivity contribution is -0.384. The molecule has 1 aromatic heterocycles. The fourth-order valence-corrected chi connectivity index (χ4v) is 1.97. The van der Waals surface area contributed by atoms with Gasteiger partial charge >= 0.3 is 5.69 Å². The molecule has 1 aliphatic rings. The number of aryl methyl sites for hydroxylation is 1. The van der Waals surface area contributed by atoms with Crippen LogP contribution in [0.25, 0.3) is 0 Å². The van der Waals surface area contributed by atoms with Crippen LogP contribution in [0.4, 0.5) is 20.3 Å². The highest BCUT2D eigenvalue weighted by molar-refractivity contribution is 5.58. The van der Waals surface area contributed by atoms with Gasteiger partial charge in [-0.3, -0.25) is 10.1 Å². The van der Waals surface area contributed by atoms with E-state index in [2.05, 4.69) is 4.98 Å². The maximum absolute atomic E-state index is 13.0. The lowest BCUT2D eigenvalue weighted by Gasteiger charge is -2.32. The van der Waals surface area contributed by atoms with Crippen LogP contribution in [-0.2, 0) is 0 Å². The van der Waals surface area contributed by atoms with Crippen LogP contribution in [0.3, 0.4) is 0 Å². The third kappa shape index (κ3) is 2.55.